The molecule has 1 aliphatic heterocycles. The van der Waals surface area contributed by atoms with Crippen LogP contribution in [-0.2, 0) is 0 Å². The number of nitrogens with two attached hydrogens (primary N) is 1. The van der Waals surface area contributed by atoms with E-state index in [0.717, 1.165) is 18.8 Å². The number of nitrogen functional groups attached to an aromatic ring is 1. The van der Waals surface area contributed by atoms with Gasteiger partial charge >= 0.3 is 0 Å². The van der Waals surface area contributed by atoms with Crippen molar-refractivity contribution in [3.8, 4) is 5.75 Å². The highest BCUT2D eigenvalue weighted by Crippen LogP contribution is 2.28. The Hall–Kier alpha value is -1.49. The molecule has 0 aromatic heterocycles. The van der Waals surface area contributed by atoms with E-state index in [1.54, 1.807) is 6.07 Å². The average molecular weight is 267 g/mol. The normalized spacial score (nSPS) is 20.3. The summed E-state index contributed by atoms with van der Waals surface area (Å²) >= 11 is 0. The molecule has 0 radical (unpaired) electrons. The molecule has 3 N–H and O–H groups in total. The lowest BCUT2D eigenvalue weighted by atomic mass is 9.98. The molecule has 1 atom stereocenters. The van der Waals surface area contributed by atoms with Crippen LogP contribution >= 0.6 is 0 Å². The Balaban J connectivity index is 1.99. The third-order valence-electron chi connectivity index (χ3n) is 3.63. The smallest absolute Gasteiger partial charge is 0.167 e. The quantitative estimate of drug-likeness (QED) is 0.821. The van der Waals surface area contributed by atoms with Crippen molar-refractivity contribution in [2.75, 3.05) is 44.8 Å². The Morgan fingerprint density at radius 3 is 3.00 bits per heavy atom. The van der Waals surface area contributed by atoms with Crippen LogP contribution in [0, 0.1) is 11.7 Å². The van der Waals surface area contributed by atoms with E-state index >= 15 is 0 Å². The van der Waals surface area contributed by atoms with Gasteiger partial charge in [0.15, 0.2) is 11.6 Å². The van der Waals surface area contributed by atoms with Crippen LogP contribution in [0.25, 0.3) is 0 Å². The molecule has 1 saturated heterocycles. The lowest BCUT2D eigenvalue weighted by molar-refractivity contribution is 0.217. The van der Waals surface area contributed by atoms with Crippen molar-refractivity contribution in [1.82, 2.24) is 4.90 Å². The topological polar surface area (TPSA) is 50.5 Å². The first-order valence-corrected chi connectivity index (χ1v) is 6.65. The van der Waals surface area contributed by atoms with Crippen LogP contribution in [0.15, 0.2) is 12.1 Å². The van der Waals surface area contributed by atoms with Crippen molar-refractivity contribution in [3.05, 3.63) is 17.9 Å². The molecule has 106 valence electrons. The highest BCUT2D eigenvalue weighted by atomic mass is 19.1. The zero-order valence-electron chi connectivity index (χ0n) is 11.6. The van der Waals surface area contributed by atoms with Crippen LogP contribution in [0.2, 0.25) is 0 Å². The Labute approximate surface area is 113 Å². The maximum Gasteiger partial charge on any atom is 0.167 e. The molecule has 1 fully saturated rings. The SMILES string of the molecule is COc1cc(NCC2CCCN(C)C2)c(N)cc1F. The summed E-state index contributed by atoms with van der Waals surface area (Å²) in [5.41, 5.74) is 6.98. The zero-order chi connectivity index (χ0) is 13.8. The maximum absolute atomic E-state index is 13.4. The number of anilines is 2. The second-order valence-corrected chi connectivity index (χ2v) is 5.23. The highest BCUT2D eigenvalue weighted by Gasteiger charge is 2.17. The molecular weight excluding hydrogens is 245 g/mol. The molecule has 0 bridgehead atoms. The van der Waals surface area contributed by atoms with E-state index in [1.807, 2.05) is 0 Å². The minimum atomic E-state index is -0.428. The van der Waals surface area contributed by atoms with Gasteiger partial charge in [0.1, 0.15) is 0 Å². The third kappa shape index (κ3) is 3.50. The van der Waals surface area contributed by atoms with E-state index in [4.69, 9.17) is 10.5 Å². The number of hydrogen-bond acceptors (Lipinski definition) is 4. The number of benzene rings is 1. The molecule has 1 aliphatic rings. The van der Waals surface area contributed by atoms with E-state index in [0.29, 0.717) is 11.6 Å². The van der Waals surface area contributed by atoms with E-state index in [1.165, 1.54) is 32.6 Å². The minimum Gasteiger partial charge on any atom is -0.494 e. The summed E-state index contributed by atoms with van der Waals surface area (Å²) in [5, 5.41) is 3.31. The summed E-state index contributed by atoms with van der Waals surface area (Å²) < 4.78 is 18.4. The molecule has 1 unspecified atom stereocenters. The highest BCUT2D eigenvalue weighted by molar-refractivity contribution is 5.68. The first-order chi connectivity index (χ1) is 9.10. The number of ether oxygens (including phenoxy) is 1. The van der Waals surface area contributed by atoms with Crippen molar-refractivity contribution in [2.24, 2.45) is 5.92 Å². The van der Waals surface area contributed by atoms with Gasteiger partial charge in [-0.15, -0.1) is 0 Å². The van der Waals surface area contributed by atoms with E-state index in [-0.39, 0.29) is 5.75 Å². The summed E-state index contributed by atoms with van der Waals surface area (Å²) in [7, 11) is 3.59. The van der Waals surface area contributed by atoms with Crippen LogP contribution < -0.4 is 15.8 Å². The second-order valence-electron chi connectivity index (χ2n) is 5.23. The Morgan fingerprint density at radius 2 is 2.32 bits per heavy atom. The molecule has 1 heterocycles. The van der Waals surface area contributed by atoms with Crippen molar-refractivity contribution in [1.29, 1.82) is 0 Å². The first kappa shape index (κ1) is 13.9. The molecule has 0 aliphatic carbocycles. The van der Waals surface area contributed by atoms with Crippen molar-refractivity contribution in [2.45, 2.75) is 12.8 Å². The van der Waals surface area contributed by atoms with Gasteiger partial charge in [0.2, 0.25) is 0 Å². The number of likely N-dealkylation sites (tertiary alicyclic amines) is 1. The van der Waals surface area contributed by atoms with Crippen LogP contribution in [0.3, 0.4) is 0 Å². The standard InChI is InChI=1S/C14H22FN3O/c1-18-5-3-4-10(9-18)8-17-13-7-14(19-2)11(15)6-12(13)16/h6-7,10,17H,3-5,8-9,16H2,1-2H3. The van der Waals surface area contributed by atoms with Gasteiger partial charge in [0, 0.05) is 25.2 Å². The number of halogens is 1. The molecule has 0 spiro atoms. The van der Waals surface area contributed by atoms with Gasteiger partial charge in [-0.1, -0.05) is 0 Å². The molecule has 5 heteroatoms. The fourth-order valence-corrected chi connectivity index (χ4v) is 2.57. The Morgan fingerprint density at radius 1 is 1.53 bits per heavy atom. The van der Waals surface area contributed by atoms with Gasteiger partial charge < -0.3 is 20.7 Å². The van der Waals surface area contributed by atoms with Gasteiger partial charge in [-0.3, -0.25) is 0 Å². The predicted octanol–water partition coefficient (Wildman–Crippen LogP) is 2.17. The van der Waals surface area contributed by atoms with Gasteiger partial charge in [0.25, 0.3) is 0 Å². The molecule has 1 aromatic rings. The molecule has 0 saturated carbocycles. The first-order valence-electron chi connectivity index (χ1n) is 6.65. The minimum absolute atomic E-state index is 0.220. The summed E-state index contributed by atoms with van der Waals surface area (Å²) in [6, 6.07) is 2.92. The summed E-state index contributed by atoms with van der Waals surface area (Å²) in [4.78, 5) is 2.34. The molecule has 0 amide bonds. The summed E-state index contributed by atoms with van der Waals surface area (Å²) in [6.45, 7) is 3.11. The molecular formula is C14H22FN3O. The predicted molar refractivity (Wildman–Crippen MR) is 76.1 cm³/mol. The largest absolute Gasteiger partial charge is 0.494 e. The molecule has 4 nitrogen and oxygen atoms in total. The van der Waals surface area contributed by atoms with Crippen molar-refractivity contribution < 1.29 is 9.13 Å². The number of piperidine rings is 1. The summed E-state index contributed by atoms with van der Waals surface area (Å²) in [5.74, 6) is 0.398. The van der Waals surface area contributed by atoms with Crippen molar-refractivity contribution >= 4 is 11.4 Å². The van der Waals surface area contributed by atoms with Crippen LogP contribution in [0.4, 0.5) is 15.8 Å². The van der Waals surface area contributed by atoms with E-state index in [9.17, 15) is 4.39 Å². The monoisotopic (exact) mass is 267 g/mol. The van der Waals surface area contributed by atoms with Crippen molar-refractivity contribution in [3.63, 3.8) is 0 Å². The number of methoxy groups -OCH3 is 1. The summed E-state index contributed by atoms with van der Waals surface area (Å²) in [6.07, 6.45) is 2.45. The van der Waals surface area contributed by atoms with E-state index < -0.39 is 5.82 Å². The Kier molecular flexibility index (Phi) is 4.47. The zero-order valence-corrected chi connectivity index (χ0v) is 11.6. The number of rotatable bonds is 4. The molecule has 1 aromatic carbocycles. The average Bonchev–Trinajstić information content (AvgIpc) is 2.38. The van der Waals surface area contributed by atoms with Crippen LogP contribution in [0.5, 0.6) is 5.75 Å². The maximum atomic E-state index is 13.4. The van der Waals surface area contributed by atoms with E-state index in [2.05, 4.69) is 17.3 Å². The van der Waals surface area contributed by atoms with Gasteiger partial charge in [-0.2, -0.15) is 0 Å². The Bertz CT molecular complexity index is 439. The number of nitrogens with zero attached hydrogens (tertiary/aromatic N) is 1. The van der Waals surface area contributed by atoms with Gasteiger partial charge in [-0.05, 0) is 32.4 Å². The fourth-order valence-electron chi connectivity index (χ4n) is 2.57. The van der Waals surface area contributed by atoms with Gasteiger partial charge in [-0.25, -0.2) is 4.39 Å². The lowest BCUT2D eigenvalue weighted by Crippen LogP contribution is -2.35. The number of hydrogen-bond donors (Lipinski definition) is 2. The number of nitrogens with one attached hydrogen (secondary N) is 1. The fraction of sp³-hybridized carbons (Fsp3) is 0.571. The van der Waals surface area contributed by atoms with Crippen LogP contribution in [-0.4, -0.2) is 38.7 Å². The van der Waals surface area contributed by atoms with Crippen LogP contribution in [0.1, 0.15) is 12.8 Å². The molecule has 19 heavy (non-hydrogen) atoms. The second kappa shape index (κ2) is 6.10. The third-order valence-corrected chi connectivity index (χ3v) is 3.63. The lowest BCUT2D eigenvalue weighted by Gasteiger charge is -2.30. The van der Waals surface area contributed by atoms with Gasteiger partial charge in [0.05, 0.1) is 18.5 Å². The molecule has 2 rings (SSSR count).